The van der Waals surface area contributed by atoms with E-state index in [1.165, 1.54) is 14.1 Å². The maximum atomic E-state index is 11.4. The van der Waals surface area contributed by atoms with Gasteiger partial charge in [-0.1, -0.05) is 13.8 Å². The van der Waals surface area contributed by atoms with Crippen LogP contribution in [0, 0.1) is 5.92 Å². The van der Waals surface area contributed by atoms with E-state index in [0.29, 0.717) is 0 Å². The van der Waals surface area contributed by atoms with Crippen molar-refractivity contribution in [1.29, 1.82) is 0 Å². The van der Waals surface area contributed by atoms with E-state index in [9.17, 15) is 18.3 Å². The summed E-state index contributed by atoms with van der Waals surface area (Å²) in [6.45, 7) is 3.65. The first-order valence-electron chi connectivity index (χ1n) is 4.65. The van der Waals surface area contributed by atoms with Gasteiger partial charge in [0.1, 0.15) is 12.0 Å². The molecule has 0 saturated heterocycles. The number of carboxylic acid groups (broad SMARTS) is 1. The standard InChI is InChI=1S/C8H18N2O4S/c1-6(2)5-7(8(11)12)9-15(13,14)10(3)4/h6-7,9H,5H2,1-4H3,(H,11,12)/t7-/m0/s1. The molecule has 1 atom stereocenters. The number of carbonyl (C=O) groups is 1. The molecule has 2 N–H and O–H groups in total. The largest absolute Gasteiger partial charge is 0.544 e. The average molecular weight is 238 g/mol. The number of hydrogen-bond donors (Lipinski definition) is 1. The van der Waals surface area contributed by atoms with Gasteiger partial charge in [-0.05, 0) is 5.92 Å². The van der Waals surface area contributed by atoms with Crippen LogP contribution < -0.4 is 9.83 Å². The van der Waals surface area contributed by atoms with E-state index in [1.54, 1.807) is 0 Å². The lowest BCUT2D eigenvalue weighted by Crippen LogP contribution is -2.97. The molecule has 6 nitrogen and oxygen atoms in total. The number of hydrogen-bond acceptors (Lipinski definition) is 4. The molecule has 0 radical (unpaired) electrons. The molecule has 15 heavy (non-hydrogen) atoms. The van der Waals surface area contributed by atoms with Gasteiger partial charge in [0.2, 0.25) is 0 Å². The van der Waals surface area contributed by atoms with Gasteiger partial charge in [0.25, 0.3) is 0 Å². The summed E-state index contributed by atoms with van der Waals surface area (Å²) in [5, 5.41) is 10.7. The van der Waals surface area contributed by atoms with Crippen molar-refractivity contribution in [3.63, 3.8) is 0 Å². The smallest absolute Gasteiger partial charge is 0.369 e. The van der Waals surface area contributed by atoms with Crippen LogP contribution in [0.2, 0.25) is 0 Å². The molecule has 0 bridgehead atoms. The third-order valence-electron chi connectivity index (χ3n) is 1.87. The van der Waals surface area contributed by atoms with Gasteiger partial charge < -0.3 is 9.90 Å². The molecule has 0 heterocycles. The van der Waals surface area contributed by atoms with Crippen LogP contribution >= 0.6 is 0 Å². The summed E-state index contributed by atoms with van der Waals surface area (Å²) in [5.74, 6) is -1.25. The summed E-state index contributed by atoms with van der Waals surface area (Å²) in [7, 11) is -0.891. The molecule has 0 rings (SSSR count). The minimum atomic E-state index is -3.60. The summed E-state index contributed by atoms with van der Waals surface area (Å²) < 4.78 is 24.6. The van der Waals surface area contributed by atoms with E-state index in [2.05, 4.69) is 0 Å². The van der Waals surface area contributed by atoms with Crippen LogP contribution in [0.25, 0.3) is 0 Å². The lowest BCUT2D eigenvalue weighted by atomic mass is 10.1. The van der Waals surface area contributed by atoms with Crippen LogP contribution in [0.3, 0.4) is 0 Å². The normalized spacial score (nSPS) is 14.5. The molecule has 0 aromatic carbocycles. The third-order valence-corrected chi connectivity index (χ3v) is 3.56. The van der Waals surface area contributed by atoms with Gasteiger partial charge in [-0.2, -0.15) is 12.7 Å². The number of nitrogens with zero attached hydrogens (tertiary/aromatic N) is 1. The highest BCUT2D eigenvalue weighted by Gasteiger charge is 2.25. The number of nitrogens with two attached hydrogens (primary N) is 1. The van der Waals surface area contributed by atoms with Crippen molar-refractivity contribution >= 4 is 16.2 Å². The Hall–Kier alpha value is -0.660. The molecule has 0 fully saturated rings. The molecule has 0 saturated carbocycles. The zero-order valence-corrected chi connectivity index (χ0v) is 10.2. The molecule has 0 unspecified atom stereocenters. The summed E-state index contributed by atoms with van der Waals surface area (Å²) >= 11 is 0. The van der Waals surface area contributed by atoms with Crippen LogP contribution in [0.4, 0.5) is 0 Å². The van der Waals surface area contributed by atoms with E-state index in [0.717, 1.165) is 9.03 Å². The number of carbonyl (C=O) groups excluding carboxylic acids is 1. The Kier molecular flexibility index (Phi) is 5.19. The topological polar surface area (TPSA) is 94.1 Å². The zero-order chi connectivity index (χ0) is 12.2. The minimum Gasteiger partial charge on any atom is -0.544 e. The van der Waals surface area contributed by atoms with Gasteiger partial charge in [0, 0.05) is 20.5 Å². The molecular formula is C8H18N2O4S. The van der Waals surface area contributed by atoms with Crippen molar-refractivity contribution in [3.8, 4) is 0 Å². The molecule has 0 aliphatic heterocycles. The Morgan fingerprint density at radius 1 is 1.40 bits per heavy atom. The van der Waals surface area contributed by atoms with Gasteiger partial charge in [0.05, 0.1) is 0 Å². The third kappa shape index (κ3) is 5.10. The second kappa shape index (κ2) is 5.43. The molecular weight excluding hydrogens is 220 g/mol. The van der Waals surface area contributed by atoms with Gasteiger partial charge in [-0.3, -0.25) is 0 Å². The van der Waals surface area contributed by atoms with E-state index in [-0.39, 0.29) is 12.3 Å². The molecule has 0 aliphatic carbocycles. The second-order valence-corrected chi connectivity index (χ2v) is 6.05. The van der Waals surface area contributed by atoms with E-state index >= 15 is 0 Å². The highest BCUT2D eigenvalue weighted by atomic mass is 32.2. The van der Waals surface area contributed by atoms with Crippen LogP contribution in [-0.4, -0.2) is 38.8 Å². The monoisotopic (exact) mass is 238 g/mol. The Morgan fingerprint density at radius 3 is 2.13 bits per heavy atom. The van der Waals surface area contributed by atoms with Gasteiger partial charge in [-0.15, -0.1) is 0 Å². The first-order valence-corrected chi connectivity index (χ1v) is 6.15. The fourth-order valence-corrected chi connectivity index (χ4v) is 1.93. The molecule has 90 valence electrons. The molecule has 7 heteroatoms. The highest BCUT2D eigenvalue weighted by molar-refractivity contribution is 7.82. The van der Waals surface area contributed by atoms with Crippen molar-refractivity contribution < 1.29 is 23.0 Å². The first-order chi connectivity index (χ1) is 6.66. The number of carboxylic acids is 1. The van der Waals surface area contributed by atoms with Crippen LogP contribution in [0.5, 0.6) is 0 Å². The van der Waals surface area contributed by atoms with Crippen molar-refractivity contribution in [2.45, 2.75) is 26.3 Å². The van der Waals surface area contributed by atoms with Gasteiger partial charge in [0.15, 0.2) is 0 Å². The number of rotatable bonds is 6. The molecule has 0 aromatic rings. The van der Waals surface area contributed by atoms with Crippen molar-refractivity contribution in [2.75, 3.05) is 14.1 Å². The minimum absolute atomic E-state index is 0.0986. The molecule has 0 amide bonds. The predicted molar refractivity (Wildman–Crippen MR) is 52.8 cm³/mol. The Bertz CT molecular complexity index is 311. The first kappa shape index (κ1) is 14.3. The Morgan fingerprint density at radius 2 is 1.87 bits per heavy atom. The molecule has 0 aromatic heterocycles. The molecule has 0 spiro atoms. The second-order valence-electron chi connectivity index (χ2n) is 4.02. The Balaban J connectivity index is 4.63. The fraction of sp³-hybridized carbons (Fsp3) is 0.875. The maximum Gasteiger partial charge on any atom is 0.369 e. The van der Waals surface area contributed by atoms with Gasteiger partial charge in [-0.25, -0.2) is 4.72 Å². The summed E-state index contributed by atoms with van der Waals surface area (Å²) in [6.07, 6.45) is 0.259. The summed E-state index contributed by atoms with van der Waals surface area (Å²) in [5.41, 5.74) is 0. The van der Waals surface area contributed by atoms with E-state index in [4.69, 9.17) is 0 Å². The molecule has 0 aliphatic rings. The lowest BCUT2D eigenvalue weighted by molar-refractivity contribution is -0.545. The van der Waals surface area contributed by atoms with Crippen LogP contribution in [0.1, 0.15) is 20.3 Å². The van der Waals surface area contributed by atoms with Crippen LogP contribution in [-0.2, 0) is 15.0 Å². The quantitative estimate of drug-likeness (QED) is 0.554. The summed E-state index contributed by atoms with van der Waals surface area (Å²) in [4.78, 5) is 10.7. The zero-order valence-electron chi connectivity index (χ0n) is 9.43. The highest BCUT2D eigenvalue weighted by Crippen LogP contribution is 2.01. The van der Waals surface area contributed by atoms with Crippen molar-refractivity contribution in [1.82, 2.24) is 4.31 Å². The van der Waals surface area contributed by atoms with E-state index in [1.807, 2.05) is 13.8 Å². The van der Waals surface area contributed by atoms with Crippen LogP contribution in [0.15, 0.2) is 0 Å². The fourth-order valence-electron chi connectivity index (χ4n) is 1.04. The number of aliphatic carboxylic acids is 1. The average Bonchev–Trinajstić information content (AvgIpc) is 2.01. The number of quaternary nitrogens is 1. The predicted octanol–water partition coefficient (Wildman–Crippen LogP) is -2.48. The Labute approximate surface area is 90.5 Å². The van der Waals surface area contributed by atoms with E-state index < -0.39 is 22.2 Å². The van der Waals surface area contributed by atoms with Crippen molar-refractivity contribution in [2.24, 2.45) is 5.92 Å². The van der Waals surface area contributed by atoms with Crippen molar-refractivity contribution in [3.05, 3.63) is 0 Å². The SMILES string of the molecule is CC(C)C[C@H]([NH2+]S(=O)(=O)N(C)C)C(=O)[O-]. The lowest BCUT2D eigenvalue weighted by Gasteiger charge is -2.19. The maximum absolute atomic E-state index is 11.4. The summed E-state index contributed by atoms with van der Waals surface area (Å²) in [6, 6.07) is -1.06. The van der Waals surface area contributed by atoms with Gasteiger partial charge >= 0.3 is 10.2 Å².